The van der Waals surface area contributed by atoms with Crippen LogP contribution in [0.25, 0.3) is 0 Å². The van der Waals surface area contributed by atoms with Gasteiger partial charge in [-0.15, -0.1) is 0 Å². The molecule has 0 amide bonds. The molecule has 0 bridgehead atoms. The second-order valence-corrected chi connectivity index (χ2v) is 5.30. The van der Waals surface area contributed by atoms with Crippen LogP contribution in [0.3, 0.4) is 0 Å². The highest BCUT2D eigenvalue weighted by Gasteiger charge is 2.05. The largest absolute Gasteiger partial charge is 0.478 e. The Hall–Kier alpha value is -1.57. The zero-order chi connectivity index (χ0) is 14.1. The van der Waals surface area contributed by atoms with E-state index in [4.69, 9.17) is 5.11 Å². The summed E-state index contributed by atoms with van der Waals surface area (Å²) < 4.78 is 0. The molecule has 1 unspecified atom stereocenters. The maximum absolute atomic E-state index is 10.6. The first-order valence-corrected chi connectivity index (χ1v) is 7.04. The lowest BCUT2D eigenvalue weighted by Crippen LogP contribution is -2.01. The third-order valence-electron chi connectivity index (χ3n) is 3.40. The van der Waals surface area contributed by atoms with Gasteiger partial charge < -0.3 is 5.11 Å². The lowest BCUT2D eigenvalue weighted by Gasteiger charge is -2.11. The van der Waals surface area contributed by atoms with E-state index in [0.29, 0.717) is 17.9 Å². The smallest absolute Gasteiger partial charge is 0.330 e. The van der Waals surface area contributed by atoms with Crippen LogP contribution in [-0.2, 0) is 11.2 Å². The number of unbranched alkanes of at least 4 members (excludes halogenated alkanes) is 2. The van der Waals surface area contributed by atoms with Crippen molar-refractivity contribution in [2.45, 2.75) is 45.4 Å². The van der Waals surface area contributed by atoms with Crippen LogP contribution >= 0.6 is 0 Å². The molecule has 0 aliphatic heterocycles. The number of benzene rings is 1. The van der Waals surface area contributed by atoms with Gasteiger partial charge in [0.25, 0.3) is 0 Å². The molecule has 0 heterocycles. The van der Waals surface area contributed by atoms with Gasteiger partial charge in [0.05, 0.1) is 0 Å². The third kappa shape index (κ3) is 6.80. The molecule has 0 radical (unpaired) electrons. The van der Waals surface area contributed by atoms with Crippen LogP contribution in [0.15, 0.2) is 42.5 Å². The minimum absolute atomic E-state index is 0.331. The molecule has 0 aromatic heterocycles. The lowest BCUT2D eigenvalue weighted by molar-refractivity contribution is -0.132. The number of carboxylic acids is 1. The first-order valence-electron chi connectivity index (χ1n) is 7.04. The Labute approximate surface area is 116 Å². The van der Waals surface area contributed by atoms with Crippen molar-refractivity contribution in [2.24, 2.45) is 5.92 Å². The van der Waals surface area contributed by atoms with E-state index in [0.717, 1.165) is 19.3 Å². The molecule has 0 spiro atoms. The van der Waals surface area contributed by atoms with Crippen LogP contribution in [0.4, 0.5) is 0 Å². The Bertz CT molecular complexity index is 395. The zero-order valence-corrected chi connectivity index (χ0v) is 11.8. The summed E-state index contributed by atoms with van der Waals surface area (Å²) in [4.78, 5) is 10.6. The fraction of sp³-hybridized carbons (Fsp3) is 0.471. The minimum atomic E-state index is -0.863. The summed E-state index contributed by atoms with van der Waals surface area (Å²) >= 11 is 0. The molecule has 0 fully saturated rings. The maximum atomic E-state index is 10.6. The van der Waals surface area contributed by atoms with Crippen LogP contribution in [0.1, 0.15) is 44.6 Å². The molecule has 1 aromatic rings. The van der Waals surface area contributed by atoms with Crippen molar-refractivity contribution in [2.75, 3.05) is 0 Å². The van der Waals surface area contributed by atoms with Gasteiger partial charge in [-0.25, -0.2) is 4.79 Å². The second-order valence-electron chi connectivity index (χ2n) is 5.30. The fourth-order valence-electron chi connectivity index (χ4n) is 2.23. The van der Waals surface area contributed by atoms with Crippen molar-refractivity contribution < 1.29 is 9.90 Å². The van der Waals surface area contributed by atoms with E-state index in [-0.39, 0.29) is 0 Å². The molecule has 1 rings (SSSR count). The molecule has 2 nitrogen and oxygen atoms in total. The van der Waals surface area contributed by atoms with E-state index in [1.807, 2.05) is 6.07 Å². The Morgan fingerprint density at radius 1 is 1.21 bits per heavy atom. The van der Waals surface area contributed by atoms with Gasteiger partial charge >= 0.3 is 5.97 Å². The standard InChI is InChI=1S/C17H24O2/c1-14(13-16-11-7-4-8-12-16)9-5-3-6-10-15(2)17(18)19/h4,7-8,11-12,14H,2-3,5-6,9-10,13H2,1H3,(H,18,19). The molecule has 1 atom stereocenters. The average Bonchev–Trinajstić information content (AvgIpc) is 2.39. The van der Waals surface area contributed by atoms with Gasteiger partial charge in [-0.1, -0.05) is 63.1 Å². The highest BCUT2D eigenvalue weighted by atomic mass is 16.4. The number of carboxylic acid groups (broad SMARTS) is 1. The normalized spacial score (nSPS) is 12.1. The molecule has 1 aromatic carbocycles. The van der Waals surface area contributed by atoms with Crippen molar-refractivity contribution in [3.05, 3.63) is 48.0 Å². The number of carbonyl (C=O) groups is 1. The molecule has 0 aliphatic rings. The highest BCUT2D eigenvalue weighted by molar-refractivity contribution is 5.85. The Morgan fingerprint density at radius 2 is 1.89 bits per heavy atom. The molecule has 0 saturated heterocycles. The van der Waals surface area contributed by atoms with Crippen molar-refractivity contribution >= 4 is 5.97 Å². The summed E-state index contributed by atoms with van der Waals surface area (Å²) in [5.41, 5.74) is 1.73. The number of aliphatic carboxylic acids is 1. The predicted octanol–water partition coefficient (Wildman–Crippen LogP) is 4.46. The molecule has 2 heteroatoms. The van der Waals surface area contributed by atoms with Gasteiger partial charge in [0.2, 0.25) is 0 Å². The van der Waals surface area contributed by atoms with Crippen LogP contribution in [0.2, 0.25) is 0 Å². The van der Waals surface area contributed by atoms with Crippen LogP contribution in [0.5, 0.6) is 0 Å². The van der Waals surface area contributed by atoms with E-state index in [1.54, 1.807) is 0 Å². The summed E-state index contributed by atoms with van der Waals surface area (Å²) in [7, 11) is 0. The van der Waals surface area contributed by atoms with Crippen molar-refractivity contribution in [3.8, 4) is 0 Å². The summed E-state index contributed by atoms with van der Waals surface area (Å²) in [6.07, 6.45) is 6.13. The number of rotatable bonds is 9. The fourth-order valence-corrected chi connectivity index (χ4v) is 2.23. The number of hydrogen-bond donors (Lipinski definition) is 1. The molecular weight excluding hydrogens is 236 g/mol. The summed E-state index contributed by atoms with van der Waals surface area (Å²) in [5, 5.41) is 8.69. The van der Waals surface area contributed by atoms with E-state index in [2.05, 4.69) is 37.8 Å². The van der Waals surface area contributed by atoms with Crippen molar-refractivity contribution in [1.29, 1.82) is 0 Å². The third-order valence-corrected chi connectivity index (χ3v) is 3.40. The van der Waals surface area contributed by atoms with Crippen LogP contribution in [0, 0.1) is 5.92 Å². The van der Waals surface area contributed by atoms with E-state index in [1.165, 1.54) is 18.4 Å². The van der Waals surface area contributed by atoms with E-state index in [9.17, 15) is 4.79 Å². The Kier molecular flexibility index (Phi) is 6.94. The topological polar surface area (TPSA) is 37.3 Å². The van der Waals surface area contributed by atoms with Gasteiger partial charge in [0.15, 0.2) is 0 Å². The van der Waals surface area contributed by atoms with Gasteiger partial charge in [-0.05, 0) is 30.7 Å². The molecule has 19 heavy (non-hydrogen) atoms. The first kappa shape index (κ1) is 15.5. The first-order chi connectivity index (χ1) is 9.09. The molecule has 0 aliphatic carbocycles. The Morgan fingerprint density at radius 3 is 2.53 bits per heavy atom. The zero-order valence-electron chi connectivity index (χ0n) is 11.8. The van der Waals surface area contributed by atoms with Crippen LogP contribution < -0.4 is 0 Å². The Balaban J connectivity index is 2.09. The molecule has 104 valence electrons. The van der Waals surface area contributed by atoms with E-state index < -0.39 is 5.97 Å². The van der Waals surface area contributed by atoms with Crippen LogP contribution in [-0.4, -0.2) is 11.1 Å². The maximum Gasteiger partial charge on any atom is 0.330 e. The van der Waals surface area contributed by atoms with Gasteiger partial charge in [-0.2, -0.15) is 0 Å². The van der Waals surface area contributed by atoms with Crippen molar-refractivity contribution in [3.63, 3.8) is 0 Å². The molecule has 1 N–H and O–H groups in total. The van der Waals surface area contributed by atoms with Gasteiger partial charge in [-0.3, -0.25) is 0 Å². The molecule has 0 saturated carbocycles. The monoisotopic (exact) mass is 260 g/mol. The second kappa shape index (κ2) is 8.52. The SMILES string of the molecule is C=C(CCCCCC(C)Cc1ccccc1)C(=O)O. The number of hydrogen-bond acceptors (Lipinski definition) is 1. The minimum Gasteiger partial charge on any atom is -0.478 e. The van der Waals surface area contributed by atoms with Crippen molar-refractivity contribution in [1.82, 2.24) is 0 Å². The van der Waals surface area contributed by atoms with Gasteiger partial charge in [0, 0.05) is 5.57 Å². The highest BCUT2D eigenvalue weighted by Crippen LogP contribution is 2.16. The predicted molar refractivity (Wildman–Crippen MR) is 79.2 cm³/mol. The quantitative estimate of drug-likeness (QED) is 0.526. The lowest BCUT2D eigenvalue weighted by atomic mass is 9.95. The average molecular weight is 260 g/mol. The van der Waals surface area contributed by atoms with E-state index >= 15 is 0 Å². The summed E-state index contributed by atoms with van der Waals surface area (Å²) in [6, 6.07) is 10.6. The summed E-state index contributed by atoms with van der Waals surface area (Å²) in [5.74, 6) is -0.178. The van der Waals surface area contributed by atoms with Gasteiger partial charge in [0.1, 0.15) is 0 Å². The molecular formula is C17H24O2. The summed E-state index contributed by atoms with van der Waals surface area (Å²) in [6.45, 7) is 5.82.